The SMILES string of the molecule is COc1cc(-c2nn(C3CCN(C4CCOCC4)CC3)c3ncnc(N)c23)ccc1NC(=O)c1cc2cccnc2n1C.COc1cc(-c2nn(C3CCN(Cc4ccoc4)CC3)c3ncnc(N)c23)ccc1NC(=O)c1cc2ncccc2n1C. The fourth-order valence-corrected chi connectivity index (χ4v) is 12.4. The van der Waals surface area contributed by atoms with Gasteiger partial charge in [0.15, 0.2) is 11.3 Å². The molecule has 0 radical (unpaired) electrons. The molecule has 3 fully saturated rings. The number of fused-ring (bicyclic) bond motifs is 4. The van der Waals surface area contributed by atoms with Crippen LogP contribution in [0.25, 0.3) is 66.6 Å². The standard InChI is InChI=1S/C31H35N9O3.C31H31N9O3/c1-38-24(16-20-4-3-11-33-29(20)38)31(41)36-23-6-5-19(17-25(23)42-2)27-26-28(32)34-18-35-30(26)40(37-27)22-7-12-39(13-8-22)21-9-14-43-15-10-21;1-38-24-4-3-10-33-23(24)15-25(38)31(41)36-22-6-5-20(14-26(22)42-2)28-27-29(32)34-18-35-30(27)40(37-28)21-7-11-39(12-8-21)16-19-9-13-43-17-19/h3-6,11,16-18,21-22H,7-10,12-15H2,1-2H3,(H,36,41)(H2,32,34,35);3-6,9-10,13-15,17-18,21H,7-8,11-12,16H2,1-2H3,(H,36,41)(H2,32,34,35). The molecule has 0 saturated carbocycles. The molecule has 86 heavy (non-hydrogen) atoms. The first-order chi connectivity index (χ1) is 42.0. The van der Waals surface area contributed by atoms with Crippen molar-refractivity contribution in [3.8, 4) is 34.0 Å². The molecular formula is C62H66N18O6. The van der Waals surface area contributed by atoms with Crippen molar-refractivity contribution in [3.05, 3.63) is 133 Å². The van der Waals surface area contributed by atoms with Gasteiger partial charge >= 0.3 is 0 Å². The van der Waals surface area contributed by atoms with Crippen LogP contribution in [0.5, 0.6) is 11.5 Å². The Kier molecular flexibility index (Phi) is 15.3. The van der Waals surface area contributed by atoms with Crippen LogP contribution in [0.2, 0.25) is 0 Å². The first-order valence-corrected chi connectivity index (χ1v) is 28.8. The zero-order valence-corrected chi connectivity index (χ0v) is 48.3. The molecule has 440 valence electrons. The summed E-state index contributed by atoms with van der Waals surface area (Å²) < 4.78 is 29.9. The monoisotopic (exact) mass is 1160 g/mol. The molecular weight excluding hydrogens is 1090 g/mol. The summed E-state index contributed by atoms with van der Waals surface area (Å²) >= 11 is 0. The molecule has 2 amide bonds. The summed E-state index contributed by atoms with van der Waals surface area (Å²) in [5.41, 5.74) is 22.8. The van der Waals surface area contributed by atoms with Crippen LogP contribution in [0.4, 0.5) is 23.0 Å². The topological polar surface area (TPSA) is 280 Å². The number of nitrogen functional groups attached to an aromatic ring is 2. The molecule has 24 nitrogen and oxygen atoms in total. The molecule has 0 aliphatic carbocycles. The van der Waals surface area contributed by atoms with Gasteiger partial charge in [-0.1, -0.05) is 12.1 Å². The number of anilines is 4. The highest BCUT2D eigenvalue weighted by Crippen LogP contribution is 2.40. The maximum atomic E-state index is 13.3. The molecule has 24 heteroatoms. The summed E-state index contributed by atoms with van der Waals surface area (Å²) in [5, 5.41) is 18.4. The third-order valence-electron chi connectivity index (χ3n) is 17.0. The molecule has 14 rings (SSSR count). The van der Waals surface area contributed by atoms with Gasteiger partial charge < -0.3 is 54.8 Å². The molecule has 6 N–H and O–H groups in total. The van der Waals surface area contributed by atoms with Crippen molar-refractivity contribution >= 4 is 79.0 Å². The highest BCUT2D eigenvalue weighted by Gasteiger charge is 2.31. The van der Waals surface area contributed by atoms with Crippen molar-refractivity contribution < 1.29 is 28.2 Å². The number of ether oxygens (including phenoxy) is 3. The summed E-state index contributed by atoms with van der Waals surface area (Å²) in [4.78, 5) is 58.1. The molecule has 3 aliphatic rings. The Morgan fingerprint density at radius 1 is 0.616 bits per heavy atom. The Morgan fingerprint density at radius 2 is 1.19 bits per heavy atom. The van der Waals surface area contributed by atoms with Gasteiger partial charge in [-0.05, 0) is 105 Å². The number of nitrogens with zero attached hydrogens (tertiary/aromatic N) is 14. The Labute approximate surface area is 494 Å². The second-order valence-electron chi connectivity index (χ2n) is 22.0. The zero-order chi connectivity index (χ0) is 59.0. The number of hydrogen-bond donors (Lipinski definition) is 4. The predicted octanol–water partition coefficient (Wildman–Crippen LogP) is 8.69. The van der Waals surface area contributed by atoms with Gasteiger partial charge in [-0.2, -0.15) is 10.2 Å². The Morgan fingerprint density at radius 3 is 1.74 bits per heavy atom. The van der Waals surface area contributed by atoms with Gasteiger partial charge in [0.1, 0.15) is 64.2 Å². The van der Waals surface area contributed by atoms with Gasteiger partial charge in [0.25, 0.3) is 11.8 Å². The van der Waals surface area contributed by atoms with E-state index in [1.165, 1.54) is 18.2 Å². The van der Waals surface area contributed by atoms with E-state index in [4.69, 9.17) is 40.3 Å². The lowest BCUT2D eigenvalue weighted by Crippen LogP contribution is -2.44. The maximum Gasteiger partial charge on any atom is 0.272 e. The van der Waals surface area contributed by atoms with Gasteiger partial charge in [0, 0.05) is 101 Å². The van der Waals surface area contributed by atoms with Crippen LogP contribution in [0, 0.1) is 0 Å². The third-order valence-corrected chi connectivity index (χ3v) is 17.0. The molecule has 2 aromatic carbocycles. The smallest absolute Gasteiger partial charge is 0.272 e. The van der Waals surface area contributed by atoms with E-state index < -0.39 is 0 Å². The van der Waals surface area contributed by atoms with Crippen LogP contribution in [0.1, 0.15) is 77.1 Å². The minimum atomic E-state index is -0.266. The molecule has 3 saturated heterocycles. The van der Waals surface area contributed by atoms with Crippen molar-refractivity contribution in [1.82, 2.24) is 68.4 Å². The number of pyridine rings is 2. The zero-order valence-electron chi connectivity index (χ0n) is 48.3. The van der Waals surface area contributed by atoms with Gasteiger partial charge in [-0.25, -0.2) is 34.3 Å². The molecule has 12 heterocycles. The number of furan rings is 1. The number of amides is 2. The van der Waals surface area contributed by atoms with E-state index in [0.29, 0.717) is 74.4 Å². The number of piperidine rings is 2. The van der Waals surface area contributed by atoms with Gasteiger partial charge in [0.2, 0.25) is 0 Å². The fourth-order valence-electron chi connectivity index (χ4n) is 12.4. The van der Waals surface area contributed by atoms with E-state index in [2.05, 4.69) is 50.3 Å². The number of benzene rings is 2. The summed E-state index contributed by atoms with van der Waals surface area (Å²) in [6.45, 7) is 6.46. The van der Waals surface area contributed by atoms with Gasteiger partial charge in [0.05, 0.1) is 72.0 Å². The molecule has 11 aromatic rings. The number of nitrogens with two attached hydrogens (primary N) is 2. The lowest BCUT2D eigenvalue weighted by molar-refractivity contribution is 0.0215. The third kappa shape index (κ3) is 10.7. The second-order valence-corrected chi connectivity index (χ2v) is 22.0. The van der Waals surface area contributed by atoms with E-state index in [9.17, 15) is 9.59 Å². The van der Waals surface area contributed by atoms with Crippen molar-refractivity contribution in [2.45, 2.75) is 63.2 Å². The highest BCUT2D eigenvalue weighted by molar-refractivity contribution is 6.08. The van der Waals surface area contributed by atoms with Crippen LogP contribution in [0.15, 0.2) is 121 Å². The maximum absolute atomic E-state index is 13.3. The normalized spacial score (nSPS) is 15.8. The molecule has 3 aliphatic heterocycles. The minimum absolute atomic E-state index is 0.168. The molecule has 9 aromatic heterocycles. The second kappa shape index (κ2) is 23.7. The number of nitrogens with one attached hydrogen (secondary N) is 2. The van der Waals surface area contributed by atoms with Gasteiger partial charge in [-0.3, -0.25) is 19.5 Å². The minimum Gasteiger partial charge on any atom is -0.495 e. The summed E-state index contributed by atoms with van der Waals surface area (Å²) in [7, 11) is 6.82. The van der Waals surface area contributed by atoms with Crippen molar-refractivity contribution in [2.24, 2.45) is 14.1 Å². The number of aromatic nitrogens is 12. The molecule has 0 unspecified atom stereocenters. The van der Waals surface area contributed by atoms with E-state index in [1.807, 2.05) is 101 Å². The quantitative estimate of drug-likeness (QED) is 0.0839. The van der Waals surface area contributed by atoms with Gasteiger partial charge in [-0.15, -0.1) is 0 Å². The lowest BCUT2D eigenvalue weighted by Gasteiger charge is -2.39. The average Bonchev–Trinajstić information content (AvgIpc) is 2.00. The van der Waals surface area contributed by atoms with Crippen molar-refractivity contribution in [2.75, 3.05) is 75.7 Å². The van der Waals surface area contributed by atoms with E-state index >= 15 is 0 Å². The lowest BCUT2D eigenvalue weighted by atomic mass is 10.00. The van der Waals surface area contributed by atoms with Crippen LogP contribution in [-0.2, 0) is 25.4 Å². The Hall–Kier alpha value is -9.78. The molecule has 0 spiro atoms. The number of likely N-dealkylation sites (tertiary alicyclic amines) is 2. The Bertz CT molecular complexity index is 4280. The van der Waals surface area contributed by atoms with Crippen molar-refractivity contribution in [1.29, 1.82) is 0 Å². The van der Waals surface area contributed by atoms with Crippen LogP contribution in [-0.4, -0.2) is 140 Å². The van der Waals surface area contributed by atoms with E-state index in [0.717, 1.165) is 129 Å². The number of methoxy groups -OCH3 is 2. The highest BCUT2D eigenvalue weighted by atomic mass is 16.5. The van der Waals surface area contributed by atoms with Crippen molar-refractivity contribution in [3.63, 3.8) is 0 Å². The molecule has 0 bridgehead atoms. The fraction of sp³-hybridized carbons (Fsp3) is 0.323. The predicted molar refractivity (Wildman–Crippen MR) is 327 cm³/mol. The van der Waals surface area contributed by atoms with E-state index in [-0.39, 0.29) is 23.9 Å². The van der Waals surface area contributed by atoms with E-state index in [1.54, 1.807) is 49.8 Å². The van der Waals surface area contributed by atoms with Crippen LogP contribution in [0.3, 0.4) is 0 Å². The number of carbonyl (C=O) groups is 2. The number of hydrogen-bond acceptors (Lipinski definition) is 18. The summed E-state index contributed by atoms with van der Waals surface area (Å²) in [6.07, 6.45) is 15.9. The number of rotatable bonds is 13. The number of carbonyl (C=O) groups excluding carboxylic acids is 2. The number of aryl methyl sites for hydroxylation is 2. The first kappa shape index (κ1) is 55.4. The summed E-state index contributed by atoms with van der Waals surface area (Å²) in [5.74, 6) is 1.22. The van der Waals surface area contributed by atoms with Crippen LogP contribution >= 0.6 is 0 Å². The largest absolute Gasteiger partial charge is 0.495 e. The first-order valence-electron chi connectivity index (χ1n) is 28.8. The Balaban J connectivity index is 0.000000160. The summed E-state index contributed by atoms with van der Waals surface area (Å²) in [6, 6.07) is 25.3. The molecule has 0 atom stereocenters. The van der Waals surface area contributed by atoms with Crippen LogP contribution < -0.4 is 31.6 Å². The average molecular weight is 1160 g/mol.